The summed E-state index contributed by atoms with van der Waals surface area (Å²) in [6, 6.07) is 6.82. The summed E-state index contributed by atoms with van der Waals surface area (Å²) in [7, 11) is 0. The smallest absolute Gasteiger partial charge is 0.107 e. The Morgan fingerprint density at radius 3 is 2.94 bits per heavy atom. The summed E-state index contributed by atoms with van der Waals surface area (Å²) in [4.78, 5) is 0. The third-order valence-corrected chi connectivity index (χ3v) is 4.65. The molecule has 0 saturated carbocycles. The predicted octanol–water partition coefficient (Wildman–Crippen LogP) is 2.93. The van der Waals surface area contributed by atoms with Gasteiger partial charge in [-0.05, 0) is 44.2 Å². The molecule has 1 aromatic rings. The van der Waals surface area contributed by atoms with Crippen molar-refractivity contribution >= 4 is 0 Å². The van der Waals surface area contributed by atoms with Gasteiger partial charge in [-0.15, -0.1) is 0 Å². The summed E-state index contributed by atoms with van der Waals surface area (Å²) in [6.45, 7) is 8.54. The van der Waals surface area contributed by atoms with Crippen LogP contribution in [0.1, 0.15) is 43.4 Å². The van der Waals surface area contributed by atoms with Gasteiger partial charge >= 0.3 is 0 Å². The van der Waals surface area contributed by atoms with Crippen LogP contribution in [0, 0.1) is 6.92 Å². The van der Waals surface area contributed by atoms with Gasteiger partial charge in [0, 0.05) is 13.1 Å². The first-order valence-corrected chi connectivity index (χ1v) is 7.08. The van der Waals surface area contributed by atoms with E-state index in [0.717, 1.165) is 32.4 Å². The van der Waals surface area contributed by atoms with Gasteiger partial charge in [-0.1, -0.05) is 30.7 Å². The average molecular weight is 245 g/mol. The maximum Gasteiger partial charge on any atom is 0.107 e. The van der Waals surface area contributed by atoms with Crippen molar-refractivity contribution in [3.63, 3.8) is 0 Å². The van der Waals surface area contributed by atoms with E-state index in [2.05, 4.69) is 44.3 Å². The largest absolute Gasteiger partial charge is 0.361 e. The fourth-order valence-electron chi connectivity index (χ4n) is 3.36. The molecule has 1 N–H and O–H groups in total. The standard InChI is InChI=1S/C16H23NO/c1-4-15(3)10-17-11-16(18-15)8-7-13-6-5-12(2)9-14(13)16/h5-6,9,17H,4,7-8,10-11H2,1-3H3. The third kappa shape index (κ3) is 1.79. The minimum atomic E-state index is -0.0790. The van der Waals surface area contributed by atoms with Gasteiger partial charge in [0.1, 0.15) is 5.60 Å². The SMILES string of the molecule is CCC1(C)CNCC2(CCc3ccc(C)cc32)O1. The Bertz CT molecular complexity index is 466. The summed E-state index contributed by atoms with van der Waals surface area (Å²) in [5, 5.41) is 3.59. The molecule has 98 valence electrons. The second-order valence-corrected chi connectivity index (χ2v) is 6.16. The Labute approximate surface area is 110 Å². The van der Waals surface area contributed by atoms with Crippen molar-refractivity contribution in [3.05, 3.63) is 34.9 Å². The normalized spacial score (nSPS) is 34.8. The second-order valence-electron chi connectivity index (χ2n) is 6.16. The zero-order valence-corrected chi connectivity index (χ0v) is 11.7. The van der Waals surface area contributed by atoms with Crippen LogP contribution in [0.4, 0.5) is 0 Å². The maximum absolute atomic E-state index is 6.59. The molecule has 18 heavy (non-hydrogen) atoms. The number of hydrogen-bond acceptors (Lipinski definition) is 2. The highest BCUT2D eigenvalue weighted by Gasteiger charge is 2.47. The molecule has 1 aliphatic carbocycles. The van der Waals surface area contributed by atoms with Gasteiger partial charge in [-0.3, -0.25) is 0 Å². The molecule has 0 bridgehead atoms. The van der Waals surface area contributed by atoms with Crippen LogP contribution in [-0.2, 0) is 16.8 Å². The quantitative estimate of drug-likeness (QED) is 0.821. The van der Waals surface area contributed by atoms with Crippen LogP contribution in [0.2, 0.25) is 0 Å². The first kappa shape index (κ1) is 12.2. The van der Waals surface area contributed by atoms with Crippen molar-refractivity contribution in [1.29, 1.82) is 0 Å². The van der Waals surface area contributed by atoms with Crippen molar-refractivity contribution in [3.8, 4) is 0 Å². The molecular weight excluding hydrogens is 222 g/mol. The van der Waals surface area contributed by atoms with Gasteiger partial charge < -0.3 is 10.1 Å². The Balaban J connectivity index is 2.01. The van der Waals surface area contributed by atoms with Crippen LogP contribution in [0.5, 0.6) is 0 Å². The van der Waals surface area contributed by atoms with E-state index in [1.54, 1.807) is 0 Å². The van der Waals surface area contributed by atoms with Crippen molar-refractivity contribution in [1.82, 2.24) is 5.32 Å². The van der Waals surface area contributed by atoms with Crippen LogP contribution in [0.3, 0.4) is 0 Å². The maximum atomic E-state index is 6.59. The molecule has 2 atom stereocenters. The number of morpholine rings is 1. The van der Waals surface area contributed by atoms with E-state index in [9.17, 15) is 0 Å². The highest BCUT2D eigenvalue weighted by atomic mass is 16.5. The van der Waals surface area contributed by atoms with Crippen molar-refractivity contribution in [2.24, 2.45) is 0 Å². The van der Waals surface area contributed by atoms with Crippen LogP contribution < -0.4 is 5.32 Å². The van der Waals surface area contributed by atoms with E-state index in [1.165, 1.54) is 16.7 Å². The number of ether oxygens (including phenoxy) is 1. The molecule has 1 aliphatic heterocycles. The highest BCUT2D eigenvalue weighted by Crippen LogP contribution is 2.44. The van der Waals surface area contributed by atoms with Crippen LogP contribution in [-0.4, -0.2) is 18.7 Å². The monoisotopic (exact) mass is 245 g/mol. The van der Waals surface area contributed by atoms with E-state index in [4.69, 9.17) is 4.74 Å². The fraction of sp³-hybridized carbons (Fsp3) is 0.625. The molecule has 1 heterocycles. The number of hydrogen-bond donors (Lipinski definition) is 1. The minimum absolute atomic E-state index is 0.0242. The number of rotatable bonds is 1. The zero-order chi connectivity index (χ0) is 12.8. The minimum Gasteiger partial charge on any atom is -0.361 e. The fourth-order valence-corrected chi connectivity index (χ4v) is 3.36. The zero-order valence-electron chi connectivity index (χ0n) is 11.7. The summed E-state index contributed by atoms with van der Waals surface area (Å²) in [5.74, 6) is 0. The van der Waals surface area contributed by atoms with Gasteiger partial charge in [0.2, 0.25) is 0 Å². The topological polar surface area (TPSA) is 21.3 Å². The lowest BCUT2D eigenvalue weighted by atomic mass is 9.89. The molecule has 1 spiro atoms. The van der Waals surface area contributed by atoms with E-state index < -0.39 is 0 Å². The second kappa shape index (κ2) is 4.07. The summed E-state index contributed by atoms with van der Waals surface area (Å²) in [6.07, 6.45) is 3.33. The Kier molecular flexibility index (Phi) is 2.76. The van der Waals surface area contributed by atoms with Crippen molar-refractivity contribution < 1.29 is 4.74 Å². The molecule has 0 amide bonds. The van der Waals surface area contributed by atoms with E-state index in [0.29, 0.717) is 0 Å². The Hall–Kier alpha value is -0.860. The third-order valence-electron chi connectivity index (χ3n) is 4.65. The number of benzene rings is 1. The van der Waals surface area contributed by atoms with Crippen LogP contribution >= 0.6 is 0 Å². The summed E-state index contributed by atoms with van der Waals surface area (Å²) in [5.41, 5.74) is 4.13. The molecule has 2 nitrogen and oxygen atoms in total. The number of fused-ring (bicyclic) bond motifs is 2. The Morgan fingerprint density at radius 1 is 1.33 bits per heavy atom. The number of aryl methyl sites for hydroxylation is 2. The molecular formula is C16H23NO. The van der Waals surface area contributed by atoms with Gasteiger partial charge in [-0.25, -0.2) is 0 Å². The summed E-state index contributed by atoms with van der Waals surface area (Å²) >= 11 is 0. The molecule has 3 rings (SSSR count). The molecule has 2 unspecified atom stereocenters. The van der Waals surface area contributed by atoms with E-state index in [1.807, 2.05) is 0 Å². The highest BCUT2D eigenvalue weighted by molar-refractivity contribution is 5.41. The number of nitrogens with one attached hydrogen (secondary N) is 1. The van der Waals surface area contributed by atoms with Gasteiger partial charge in [-0.2, -0.15) is 0 Å². The van der Waals surface area contributed by atoms with Gasteiger partial charge in [0.25, 0.3) is 0 Å². The van der Waals surface area contributed by atoms with Crippen LogP contribution in [0.25, 0.3) is 0 Å². The van der Waals surface area contributed by atoms with Crippen molar-refractivity contribution in [2.75, 3.05) is 13.1 Å². The molecule has 2 heteroatoms. The van der Waals surface area contributed by atoms with Gasteiger partial charge in [0.15, 0.2) is 0 Å². The first-order chi connectivity index (χ1) is 8.57. The van der Waals surface area contributed by atoms with E-state index >= 15 is 0 Å². The predicted molar refractivity (Wildman–Crippen MR) is 73.8 cm³/mol. The molecule has 2 aliphatic rings. The Morgan fingerprint density at radius 2 is 2.17 bits per heavy atom. The molecule has 1 saturated heterocycles. The van der Waals surface area contributed by atoms with E-state index in [-0.39, 0.29) is 11.2 Å². The van der Waals surface area contributed by atoms with Crippen molar-refractivity contribution in [2.45, 2.75) is 51.2 Å². The first-order valence-electron chi connectivity index (χ1n) is 7.08. The molecule has 0 radical (unpaired) electrons. The molecule has 1 fully saturated rings. The molecule has 1 aromatic carbocycles. The lowest BCUT2D eigenvalue weighted by molar-refractivity contribution is -0.176. The summed E-state index contributed by atoms with van der Waals surface area (Å²) < 4.78 is 6.59. The van der Waals surface area contributed by atoms with Gasteiger partial charge in [0.05, 0.1) is 5.60 Å². The lowest BCUT2D eigenvalue weighted by Gasteiger charge is -2.46. The van der Waals surface area contributed by atoms with Crippen LogP contribution in [0.15, 0.2) is 18.2 Å². The lowest BCUT2D eigenvalue weighted by Crippen LogP contribution is -2.56. The average Bonchev–Trinajstić information content (AvgIpc) is 2.68. The molecule has 0 aromatic heterocycles.